The number of ether oxygens (including phenoxy) is 2. The van der Waals surface area contributed by atoms with E-state index in [1.165, 1.54) is 0 Å². The fourth-order valence-electron chi connectivity index (χ4n) is 3.73. The Hall–Kier alpha value is -2.44. The monoisotopic (exact) mass is 361 g/mol. The molecule has 1 atom stereocenters. The van der Waals surface area contributed by atoms with E-state index in [2.05, 4.69) is 0 Å². The molecule has 0 unspecified atom stereocenters. The first-order valence-electron chi connectivity index (χ1n) is 9.21. The number of urea groups is 1. The van der Waals surface area contributed by atoms with Crippen LogP contribution in [-0.4, -0.2) is 61.1 Å². The number of benzene rings is 1. The Kier molecular flexibility index (Phi) is 5.85. The molecule has 2 heterocycles. The van der Waals surface area contributed by atoms with Gasteiger partial charge in [-0.25, -0.2) is 4.79 Å². The van der Waals surface area contributed by atoms with Crippen molar-refractivity contribution in [1.82, 2.24) is 9.80 Å². The van der Waals surface area contributed by atoms with Crippen molar-refractivity contribution in [2.45, 2.75) is 31.8 Å². The molecule has 2 fully saturated rings. The summed E-state index contributed by atoms with van der Waals surface area (Å²) < 4.78 is 11.4. The number of amides is 3. The summed E-state index contributed by atoms with van der Waals surface area (Å²) in [5.41, 5.74) is 5.36. The first-order valence-corrected chi connectivity index (χ1v) is 9.21. The van der Waals surface area contributed by atoms with Gasteiger partial charge in [-0.1, -0.05) is 12.1 Å². The first kappa shape index (κ1) is 18.4. The van der Waals surface area contributed by atoms with Crippen LogP contribution >= 0.6 is 0 Å². The summed E-state index contributed by atoms with van der Waals surface area (Å²) in [7, 11) is 1.63. The van der Waals surface area contributed by atoms with E-state index >= 15 is 0 Å². The lowest BCUT2D eigenvalue weighted by Gasteiger charge is -2.37. The predicted molar refractivity (Wildman–Crippen MR) is 97.1 cm³/mol. The fourth-order valence-corrected chi connectivity index (χ4v) is 3.73. The molecule has 0 aromatic heterocycles. The molecule has 1 aromatic carbocycles. The van der Waals surface area contributed by atoms with Crippen LogP contribution in [0.25, 0.3) is 0 Å². The van der Waals surface area contributed by atoms with Crippen LogP contribution in [0.1, 0.15) is 25.7 Å². The first-order chi connectivity index (χ1) is 12.6. The highest BCUT2D eigenvalue weighted by molar-refractivity contribution is 5.80. The molecule has 7 nitrogen and oxygen atoms in total. The highest BCUT2D eigenvalue weighted by atomic mass is 16.5. The van der Waals surface area contributed by atoms with Crippen molar-refractivity contribution in [3.63, 3.8) is 0 Å². The molecule has 2 aliphatic rings. The van der Waals surface area contributed by atoms with Crippen LogP contribution in [0.15, 0.2) is 24.3 Å². The summed E-state index contributed by atoms with van der Waals surface area (Å²) in [6.07, 6.45) is 3.29. The maximum absolute atomic E-state index is 12.8. The molecule has 0 spiro atoms. The summed E-state index contributed by atoms with van der Waals surface area (Å²) in [6, 6.07) is 7.17. The van der Waals surface area contributed by atoms with E-state index in [0.717, 1.165) is 37.2 Å². The lowest BCUT2D eigenvalue weighted by atomic mass is 9.95. The second-order valence-corrected chi connectivity index (χ2v) is 6.92. The van der Waals surface area contributed by atoms with Gasteiger partial charge < -0.3 is 25.0 Å². The number of piperidine rings is 2. The van der Waals surface area contributed by atoms with Crippen LogP contribution in [-0.2, 0) is 4.79 Å². The summed E-state index contributed by atoms with van der Waals surface area (Å²) in [6.45, 7) is 2.43. The van der Waals surface area contributed by atoms with Crippen LogP contribution in [0.3, 0.4) is 0 Å². The molecule has 7 heteroatoms. The maximum Gasteiger partial charge on any atom is 0.314 e. The smallest absolute Gasteiger partial charge is 0.314 e. The minimum absolute atomic E-state index is 0.0730. The molecule has 3 amide bonds. The topological polar surface area (TPSA) is 85.1 Å². The predicted octanol–water partition coefficient (Wildman–Crippen LogP) is 1.86. The van der Waals surface area contributed by atoms with Gasteiger partial charge in [0.15, 0.2) is 11.5 Å². The summed E-state index contributed by atoms with van der Waals surface area (Å²) in [4.78, 5) is 27.6. The van der Waals surface area contributed by atoms with Crippen molar-refractivity contribution in [3.05, 3.63) is 24.3 Å². The Labute approximate surface area is 154 Å². The second-order valence-electron chi connectivity index (χ2n) is 6.92. The lowest BCUT2D eigenvalue weighted by Crippen LogP contribution is -2.50. The number of carbonyl (C=O) groups excluding carboxylic acids is 2. The van der Waals surface area contributed by atoms with Gasteiger partial charge in [-0.15, -0.1) is 0 Å². The molecule has 0 aliphatic carbocycles. The number of hydrogen-bond acceptors (Lipinski definition) is 4. The molecule has 3 rings (SSSR count). The van der Waals surface area contributed by atoms with Gasteiger partial charge in [-0.05, 0) is 25.0 Å². The SMILES string of the molecule is COc1ccccc1OC1CCN(C(=O)[C@@H]2CCCN(C(N)=O)C2)CC1. The number of methoxy groups -OCH3 is 1. The number of primary amides is 1. The van der Waals surface area contributed by atoms with E-state index in [9.17, 15) is 9.59 Å². The van der Waals surface area contributed by atoms with Crippen LogP contribution in [0.5, 0.6) is 11.5 Å². The number of nitrogens with two attached hydrogens (primary N) is 1. The van der Waals surface area contributed by atoms with Gasteiger partial charge in [0.25, 0.3) is 0 Å². The third-order valence-corrected chi connectivity index (χ3v) is 5.20. The Balaban J connectivity index is 1.51. The van der Waals surface area contributed by atoms with Crippen molar-refractivity contribution in [3.8, 4) is 11.5 Å². The van der Waals surface area contributed by atoms with Gasteiger partial charge in [-0.3, -0.25) is 4.79 Å². The normalized spacial score (nSPS) is 21.3. The zero-order valence-electron chi connectivity index (χ0n) is 15.2. The maximum atomic E-state index is 12.8. The Morgan fingerprint density at radius 1 is 1.04 bits per heavy atom. The Morgan fingerprint density at radius 2 is 1.73 bits per heavy atom. The molecule has 2 N–H and O–H groups in total. The minimum Gasteiger partial charge on any atom is -0.493 e. The van der Waals surface area contributed by atoms with Crippen molar-refractivity contribution in [2.24, 2.45) is 11.7 Å². The molecule has 142 valence electrons. The van der Waals surface area contributed by atoms with Gasteiger partial charge in [0.05, 0.1) is 13.0 Å². The van der Waals surface area contributed by atoms with E-state index in [1.54, 1.807) is 12.0 Å². The van der Waals surface area contributed by atoms with Crippen LogP contribution < -0.4 is 15.2 Å². The Morgan fingerprint density at radius 3 is 2.38 bits per heavy atom. The highest BCUT2D eigenvalue weighted by Gasteiger charge is 2.32. The minimum atomic E-state index is -0.439. The second kappa shape index (κ2) is 8.29. The average Bonchev–Trinajstić information content (AvgIpc) is 2.68. The molecule has 0 saturated carbocycles. The molecule has 2 aliphatic heterocycles. The van der Waals surface area contributed by atoms with E-state index in [4.69, 9.17) is 15.2 Å². The summed E-state index contributed by atoms with van der Waals surface area (Å²) in [5, 5.41) is 0. The number of para-hydroxylation sites is 2. The Bertz CT molecular complexity index is 643. The van der Waals surface area contributed by atoms with Crippen molar-refractivity contribution < 1.29 is 19.1 Å². The van der Waals surface area contributed by atoms with E-state index in [1.807, 2.05) is 29.2 Å². The number of hydrogen-bond donors (Lipinski definition) is 1. The third-order valence-electron chi connectivity index (χ3n) is 5.20. The van der Waals surface area contributed by atoms with E-state index in [-0.39, 0.29) is 17.9 Å². The summed E-state index contributed by atoms with van der Waals surface area (Å²) in [5.74, 6) is 1.46. The molecular formula is C19H27N3O4. The van der Waals surface area contributed by atoms with Crippen molar-refractivity contribution in [2.75, 3.05) is 33.3 Å². The quantitative estimate of drug-likeness (QED) is 0.887. The molecule has 26 heavy (non-hydrogen) atoms. The fraction of sp³-hybridized carbons (Fsp3) is 0.579. The number of carbonyl (C=O) groups is 2. The lowest BCUT2D eigenvalue weighted by molar-refractivity contribution is -0.138. The molecule has 0 radical (unpaired) electrons. The number of likely N-dealkylation sites (tertiary alicyclic amines) is 2. The van der Waals surface area contributed by atoms with Crippen LogP contribution in [0.4, 0.5) is 4.79 Å². The molecular weight excluding hydrogens is 334 g/mol. The largest absolute Gasteiger partial charge is 0.493 e. The molecule has 1 aromatic rings. The number of rotatable bonds is 4. The highest BCUT2D eigenvalue weighted by Crippen LogP contribution is 2.29. The van der Waals surface area contributed by atoms with Gasteiger partial charge in [0, 0.05) is 39.0 Å². The van der Waals surface area contributed by atoms with Gasteiger partial charge in [0.1, 0.15) is 6.10 Å². The van der Waals surface area contributed by atoms with E-state index in [0.29, 0.717) is 26.2 Å². The third kappa shape index (κ3) is 4.20. The van der Waals surface area contributed by atoms with Gasteiger partial charge in [-0.2, -0.15) is 0 Å². The van der Waals surface area contributed by atoms with Crippen molar-refractivity contribution >= 4 is 11.9 Å². The standard InChI is InChI=1S/C19H27N3O4/c1-25-16-6-2-3-7-17(16)26-15-8-11-21(12-9-15)18(23)14-5-4-10-22(13-14)19(20)24/h2-3,6-7,14-15H,4-5,8-13H2,1H3,(H2,20,24)/t14-/m1/s1. The van der Waals surface area contributed by atoms with Crippen LogP contribution in [0.2, 0.25) is 0 Å². The van der Waals surface area contributed by atoms with E-state index < -0.39 is 6.03 Å². The van der Waals surface area contributed by atoms with Gasteiger partial charge >= 0.3 is 6.03 Å². The van der Waals surface area contributed by atoms with Crippen LogP contribution in [0, 0.1) is 5.92 Å². The zero-order valence-corrected chi connectivity index (χ0v) is 15.2. The molecule has 2 saturated heterocycles. The average molecular weight is 361 g/mol. The van der Waals surface area contributed by atoms with Crippen molar-refractivity contribution in [1.29, 1.82) is 0 Å². The van der Waals surface area contributed by atoms with Gasteiger partial charge in [0.2, 0.25) is 5.91 Å². The zero-order chi connectivity index (χ0) is 18.5. The molecule has 0 bridgehead atoms. The number of nitrogens with zero attached hydrogens (tertiary/aromatic N) is 2. The summed E-state index contributed by atoms with van der Waals surface area (Å²) >= 11 is 0.